The molecule has 2 aliphatic rings. The molecule has 8 nitrogen and oxygen atoms in total. The van der Waals surface area contributed by atoms with Crippen LogP contribution >= 0.6 is 0 Å². The highest BCUT2D eigenvalue weighted by atomic mass is 19.1. The summed E-state index contributed by atoms with van der Waals surface area (Å²) in [5, 5.41) is 2.80. The van der Waals surface area contributed by atoms with E-state index in [1.165, 1.54) is 12.1 Å². The minimum Gasteiger partial charge on any atom is -0.444 e. The Balaban J connectivity index is 1.51. The minimum atomic E-state index is -0.531. The van der Waals surface area contributed by atoms with Crippen molar-refractivity contribution in [3.63, 3.8) is 0 Å². The molecular weight excluding hydrogens is 437 g/mol. The molecule has 0 radical (unpaired) electrons. The molecule has 0 spiro atoms. The van der Waals surface area contributed by atoms with Crippen LogP contribution in [0.15, 0.2) is 42.7 Å². The summed E-state index contributed by atoms with van der Waals surface area (Å²) in [5.74, 6) is 0.539. The van der Waals surface area contributed by atoms with Gasteiger partial charge < -0.3 is 19.1 Å². The molecule has 2 aliphatic heterocycles. The van der Waals surface area contributed by atoms with Crippen molar-refractivity contribution in [2.75, 3.05) is 42.7 Å². The van der Waals surface area contributed by atoms with Crippen molar-refractivity contribution in [3.8, 4) is 5.69 Å². The fraction of sp³-hybridized carbons (Fsp3) is 0.440. The van der Waals surface area contributed by atoms with E-state index in [0.29, 0.717) is 26.2 Å². The second kappa shape index (κ2) is 8.47. The molecule has 34 heavy (non-hydrogen) atoms. The maximum atomic E-state index is 14.0. The second-order valence-electron chi connectivity index (χ2n) is 9.80. The Morgan fingerprint density at radius 3 is 2.65 bits per heavy atom. The summed E-state index contributed by atoms with van der Waals surface area (Å²) < 4.78 is 21.6. The molecular formula is C25H30FN5O3. The lowest BCUT2D eigenvalue weighted by Crippen LogP contribution is -2.55. The predicted molar refractivity (Wildman–Crippen MR) is 129 cm³/mol. The smallest absolute Gasteiger partial charge is 0.410 e. The van der Waals surface area contributed by atoms with E-state index in [1.807, 2.05) is 48.7 Å². The van der Waals surface area contributed by atoms with Gasteiger partial charge in [0.05, 0.1) is 29.7 Å². The molecule has 5 rings (SSSR count). The Kier molecular flexibility index (Phi) is 5.59. The SMILES string of the molecule is C[C@H]1CN(C(=O)OC(C)(C)C)CCN1c1nccc2c1c(N1CCO1)cn2-c1cccc(F)c1. The van der Waals surface area contributed by atoms with Gasteiger partial charge in [-0.3, -0.25) is 4.84 Å². The molecule has 0 saturated carbocycles. The number of pyridine rings is 1. The standard InChI is InChI=1S/C25H30FN5O3/c1-17-15-28(24(32)34-25(2,3)4)10-11-29(17)23-22-20(8-9-27-23)30(16-21(22)31-12-13-33-31)19-7-5-6-18(26)14-19/h5-9,14,16-17H,10-13,15H2,1-4H3/t17-/m0/s1. The number of fused-ring (bicyclic) bond motifs is 1. The number of rotatable bonds is 3. The molecule has 180 valence electrons. The van der Waals surface area contributed by atoms with Gasteiger partial charge in [-0.2, -0.15) is 0 Å². The lowest BCUT2D eigenvalue weighted by Gasteiger charge is -2.41. The topological polar surface area (TPSA) is 63.1 Å². The van der Waals surface area contributed by atoms with E-state index in [-0.39, 0.29) is 18.0 Å². The number of ether oxygens (including phenoxy) is 1. The van der Waals surface area contributed by atoms with Crippen LogP contribution in [0.2, 0.25) is 0 Å². The second-order valence-corrected chi connectivity index (χ2v) is 9.80. The molecule has 3 aromatic rings. The summed E-state index contributed by atoms with van der Waals surface area (Å²) in [7, 11) is 0. The van der Waals surface area contributed by atoms with Crippen molar-refractivity contribution in [3.05, 3.63) is 48.5 Å². The summed E-state index contributed by atoms with van der Waals surface area (Å²) in [6.45, 7) is 10.8. The first-order valence-electron chi connectivity index (χ1n) is 11.6. The molecule has 1 atom stereocenters. The van der Waals surface area contributed by atoms with Gasteiger partial charge in [0.2, 0.25) is 0 Å². The first-order chi connectivity index (χ1) is 16.2. The summed E-state index contributed by atoms with van der Waals surface area (Å²) >= 11 is 0. The molecule has 0 aliphatic carbocycles. The van der Waals surface area contributed by atoms with Crippen molar-refractivity contribution in [1.29, 1.82) is 0 Å². The van der Waals surface area contributed by atoms with E-state index < -0.39 is 5.60 Å². The van der Waals surface area contributed by atoms with Crippen LogP contribution in [0.5, 0.6) is 0 Å². The maximum absolute atomic E-state index is 14.0. The number of anilines is 2. The summed E-state index contributed by atoms with van der Waals surface area (Å²) in [4.78, 5) is 27.0. The minimum absolute atomic E-state index is 0.0297. The monoisotopic (exact) mass is 467 g/mol. The van der Waals surface area contributed by atoms with Gasteiger partial charge in [-0.05, 0) is 52.0 Å². The Morgan fingerprint density at radius 2 is 2.00 bits per heavy atom. The van der Waals surface area contributed by atoms with Crippen LogP contribution in [0.4, 0.5) is 20.7 Å². The number of benzene rings is 1. The van der Waals surface area contributed by atoms with Crippen LogP contribution in [0, 0.1) is 5.82 Å². The van der Waals surface area contributed by atoms with Gasteiger partial charge in [-0.25, -0.2) is 19.2 Å². The first kappa shape index (κ1) is 22.5. The van der Waals surface area contributed by atoms with Crippen LogP contribution in [0.1, 0.15) is 27.7 Å². The summed E-state index contributed by atoms with van der Waals surface area (Å²) in [6, 6.07) is 8.51. The van der Waals surface area contributed by atoms with Gasteiger partial charge in [-0.15, -0.1) is 0 Å². The van der Waals surface area contributed by atoms with Gasteiger partial charge in [0.15, 0.2) is 0 Å². The van der Waals surface area contributed by atoms with Crippen LogP contribution in [-0.4, -0.2) is 65.0 Å². The average Bonchev–Trinajstić information content (AvgIpc) is 3.11. The van der Waals surface area contributed by atoms with Crippen molar-refractivity contribution < 1.29 is 18.8 Å². The number of amides is 1. The number of nitrogens with zero attached hydrogens (tertiary/aromatic N) is 5. The maximum Gasteiger partial charge on any atom is 0.410 e. The zero-order valence-electron chi connectivity index (χ0n) is 20.0. The third-order valence-electron chi connectivity index (χ3n) is 6.12. The lowest BCUT2D eigenvalue weighted by molar-refractivity contribution is 0.0218. The fourth-order valence-corrected chi connectivity index (χ4v) is 4.53. The molecule has 2 fully saturated rings. The van der Waals surface area contributed by atoms with Crippen LogP contribution in [0.3, 0.4) is 0 Å². The third kappa shape index (κ3) is 4.16. The molecule has 1 aromatic carbocycles. The number of piperazine rings is 1. The number of halogens is 1. The van der Waals surface area contributed by atoms with E-state index in [0.717, 1.165) is 34.6 Å². The Bertz CT molecular complexity index is 1220. The van der Waals surface area contributed by atoms with Crippen molar-refractivity contribution in [2.24, 2.45) is 0 Å². The number of hydrogen-bond acceptors (Lipinski definition) is 6. The number of hydroxylamine groups is 1. The highest BCUT2D eigenvalue weighted by Gasteiger charge is 2.33. The molecule has 4 heterocycles. The van der Waals surface area contributed by atoms with E-state index in [1.54, 1.807) is 17.2 Å². The number of carbonyl (C=O) groups excluding carboxylic acids is 1. The summed E-state index contributed by atoms with van der Waals surface area (Å²) in [6.07, 6.45) is 3.46. The zero-order valence-corrected chi connectivity index (χ0v) is 20.0. The van der Waals surface area contributed by atoms with E-state index in [4.69, 9.17) is 14.6 Å². The number of carbonyl (C=O) groups is 1. The first-order valence-corrected chi connectivity index (χ1v) is 11.6. The highest BCUT2D eigenvalue weighted by molar-refractivity contribution is 6.02. The van der Waals surface area contributed by atoms with Gasteiger partial charge in [0.25, 0.3) is 0 Å². The van der Waals surface area contributed by atoms with Gasteiger partial charge in [-0.1, -0.05) is 6.07 Å². The number of aromatic nitrogens is 2. The largest absolute Gasteiger partial charge is 0.444 e. The number of hydrogen-bond donors (Lipinski definition) is 0. The fourth-order valence-electron chi connectivity index (χ4n) is 4.53. The van der Waals surface area contributed by atoms with Gasteiger partial charge in [0.1, 0.15) is 17.2 Å². The lowest BCUT2D eigenvalue weighted by atomic mass is 10.1. The molecule has 9 heteroatoms. The molecule has 1 amide bonds. The van der Waals surface area contributed by atoms with E-state index >= 15 is 0 Å². The van der Waals surface area contributed by atoms with Crippen molar-refractivity contribution in [2.45, 2.75) is 39.3 Å². The average molecular weight is 468 g/mol. The molecule has 0 bridgehead atoms. The molecule has 0 N–H and O–H groups in total. The Hall–Kier alpha value is -3.33. The van der Waals surface area contributed by atoms with Crippen LogP contribution in [-0.2, 0) is 9.57 Å². The Morgan fingerprint density at radius 1 is 1.21 bits per heavy atom. The molecule has 2 aromatic heterocycles. The van der Waals surface area contributed by atoms with E-state index in [2.05, 4.69) is 11.8 Å². The van der Waals surface area contributed by atoms with Crippen LogP contribution < -0.4 is 9.96 Å². The third-order valence-corrected chi connectivity index (χ3v) is 6.12. The molecule has 2 saturated heterocycles. The highest BCUT2D eigenvalue weighted by Crippen LogP contribution is 2.39. The van der Waals surface area contributed by atoms with Gasteiger partial charge >= 0.3 is 6.09 Å². The quantitative estimate of drug-likeness (QED) is 0.570. The molecule has 0 unspecified atom stereocenters. The Labute approximate surface area is 198 Å². The normalized spacial score (nSPS) is 18.9. The predicted octanol–water partition coefficient (Wildman–Crippen LogP) is 4.36. The zero-order chi connectivity index (χ0) is 24.0. The van der Waals surface area contributed by atoms with Crippen molar-refractivity contribution in [1.82, 2.24) is 14.5 Å². The van der Waals surface area contributed by atoms with Crippen molar-refractivity contribution >= 4 is 28.5 Å². The van der Waals surface area contributed by atoms with Gasteiger partial charge in [0, 0.05) is 43.8 Å². The van der Waals surface area contributed by atoms with Crippen LogP contribution in [0.25, 0.3) is 16.6 Å². The van der Waals surface area contributed by atoms with E-state index in [9.17, 15) is 9.18 Å². The summed E-state index contributed by atoms with van der Waals surface area (Å²) in [5.41, 5.74) is 2.02.